The molecule has 81 heavy (non-hydrogen) atoms. The average molecular weight is 1160 g/mol. The summed E-state index contributed by atoms with van der Waals surface area (Å²) in [5.74, 6) is 1.97. The van der Waals surface area contributed by atoms with Gasteiger partial charge in [-0.2, -0.15) is 8.78 Å². The highest BCUT2D eigenvalue weighted by molar-refractivity contribution is 7.52. The van der Waals surface area contributed by atoms with E-state index in [9.17, 15) is 66.3 Å². The summed E-state index contributed by atoms with van der Waals surface area (Å²) in [4.78, 5) is 147. The standard InChI is InChI=1S/C56H68F2N9O12PS/c1-64-25-24-37-15-17-43(67(37)54(75)41(31-64)61-52(73)45-29-35-28-36(14-19-44(35)81-45)56(57,58)80(77,78)79)51(72)60-40(16-20-46(59)68)49(70)63-48(34-10-3-2-4-11-34)55(76)65-26-22-32(23-27-65)8-5-6-9-33-12-7-13-38-39(33)30-66(53(38)74)42-18-21-47(69)62-50(42)71/h7,12-14,19,28-29,32,34,37,40-43,48H,2-5,8,10-11,15-18,20-27,30-31H2,1H3,(H2,59,68)(H,60,72)(H,61,73)(H,63,70)(H,62,69,71)(H2,77,78,79)/t37-,40?,41+,42?,43+,48?/m1/s1. The van der Waals surface area contributed by atoms with E-state index in [0.29, 0.717) is 80.4 Å². The predicted octanol–water partition coefficient (Wildman–Crippen LogP) is 3.57. The first-order valence-corrected chi connectivity index (χ1v) is 30.2. The van der Waals surface area contributed by atoms with Gasteiger partial charge in [-0.05, 0) is 131 Å². The topological polar surface area (TPSA) is 298 Å². The van der Waals surface area contributed by atoms with Crippen molar-refractivity contribution in [3.8, 4) is 11.8 Å². The number of primary amides is 1. The van der Waals surface area contributed by atoms with Crippen LogP contribution in [0.25, 0.3) is 10.1 Å². The molecule has 9 rings (SSSR count). The van der Waals surface area contributed by atoms with Gasteiger partial charge in [0.15, 0.2) is 0 Å². The maximum absolute atomic E-state index is 14.6. The zero-order chi connectivity index (χ0) is 57.9. The van der Waals surface area contributed by atoms with Crippen LogP contribution in [0.5, 0.6) is 0 Å². The molecule has 4 saturated heterocycles. The van der Waals surface area contributed by atoms with Gasteiger partial charge in [0.2, 0.25) is 41.4 Å². The summed E-state index contributed by atoms with van der Waals surface area (Å²) in [6, 6.07) is 4.04. The molecular formula is C56H68F2N9O12PS. The Bertz CT molecular complexity index is 3110. The lowest BCUT2D eigenvalue weighted by Gasteiger charge is -2.38. The number of piperidine rings is 2. The van der Waals surface area contributed by atoms with Gasteiger partial charge in [0.1, 0.15) is 30.2 Å². The van der Waals surface area contributed by atoms with Crippen molar-refractivity contribution in [1.29, 1.82) is 0 Å². The summed E-state index contributed by atoms with van der Waals surface area (Å²) in [6.45, 7) is 1.69. The Hall–Kier alpha value is -6.64. The smallest absolute Gasteiger partial charge is 0.370 e. The van der Waals surface area contributed by atoms with Crippen LogP contribution in [0.1, 0.15) is 139 Å². The monoisotopic (exact) mass is 1160 g/mol. The van der Waals surface area contributed by atoms with E-state index in [0.717, 1.165) is 54.7 Å². The molecule has 2 aromatic carbocycles. The number of rotatable bonds is 16. The molecule has 21 nitrogen and oxygen atoms in total. The fourth-order valence-electron chi connectivity index (χ4n) is 12.3. The molecule has 9 amide bonds. The molecule has 3 aromatic rings. The minimum absolute atomic E-state index is 0.0415. The lowest BCUT2D eigenvalue weighted by atomic mass is 9.82. The molecule has 6 atom stereocenters. The minimum Gasteiger partial charge on any atom is -0.370 e. The summed E-state index contributed by atoms with van der Waals surface area (Å²) >= 11 is 0.931. The molecular weight excluding hydrogens is 1090 g/mol. The molecule has 1 aliphatic carbocycles. The SMILES string of the molecule is CN1CC[C@H]2CC[C@@H](C(=O)NC(CCC(N)=O)C(=O)NC(C(=O)N3CCC(CCC#Cc4cccc5c4CN(C4CCC(=O)NC4=O)C5=O)CC3)C3CCCCC3)N2C(=O)[C@@H](NC(=O)c2cc3cc(C(F)(F)P(=O)(O)O)ccc3s2)C1. The van der Waals surface area contributed by atoms with E-state index >= 15 is 0 Å². The largest absolute Gasteiger partial charge is 0.399 e. The molecule has 6 aliphatic rings. The highest BCUT2D eigenvalue weighted by Gasteiger charge is 2.51. The van der Waals surface area contributed by atoms with E-state index in [-0.39, 0.29) is 85.0 Å². The number of nitrogens with two attached hydrogens (primary N) is 1. The molecule has 0 spiro atoms. The van der Waals surface area contributed by atoms with Crippen molar-refractivity contribution in [1.82, 2.24) is 40.9 Å². The summed E-state index contributed by atoms with van der Waals surface area (Å²) in [5, 5.41) is 11.0. The van der Waals surface area contributed by atoms with Gasteiger partial charge in [-0.1, -0.05) is 43.2 Å². The van der Waals surface area contributed by atoms with Gasteiger partial charge >= 0.3 is 13.3 Å². The number of nitrogens with one attached hydrogen (secondary N) is 4. The van der Waals surface area contributed by atoms with Gasteiger partial charge in [0.25, 0.3) is 11.8 Å². The Morgan fingerprint density at radius 2 is 1.68 bits per heavy atom. The van der Waals surface area contributed by atoms with Crippen LogP contribution in [0.4, 0.5) is 8.78 Å². The molecule has 0 radical (unpaired) electrons. The maximum atomic E-state index is 14.6. The number of halogens is 2. The van der Waals surface area contributed by atoms with Gasteiger partial charge in [-0.3, -0.25) is 53.0 Å². The number of hydrogen-bond donors (Lipinski definition) is 7. The Labute approximate surface area is 471 Å². The van der Waals surface area contributed by atoms with Crippen molar-refractivity contribution in [2.75, 3.05) is 33.2 Å². The Kier molecular flexibility index (Phi) is 18.1. The summed E-state index contributed by atoms with van der Waals surface area (Å²) in [6.07, 6.45) is 8.05. The zero-order valence-corrected chi connectivity index (χ0v) is 46.7. The highest BCUT2D eigenvalue weighted by atomic mass is 32.1. The van der Waals surface area contributed by atoms with Crippen LogP contribution >= 0.6 is 18.9 Å². The molecule has 0 bridgehead atoms. The van der Waals surface area contributed by atoms with Gasteiger partial charge in [0, 0.05) is 72.9 Å². The third-order valence-corrected chi connectivity index (χ3v) is 19.0. The minimum atomic E-state index is -5.86. The summed E-state index contributed by atoms with van der Waals surface area (Å²) in [7, 11) is -4.08. The number of hydrogen-bond acceptors (Lipinski definition) is 12. The maximum Gasteiger partial charge on any atom is 0.399 e. The van der Waals surface area contributed by atoms with E-state index in [1.54, 1.807) is 24.1 Å². The quantitative estimate of drug-likeness (QED) is 0.0614. The van der Waals surface area contributed by atoms with Gasteiger partial charge in [-0.15, -0.1) is 11.3 Å². The normalized spacial score (nSPS) is 23.1. The van der Waals surface area contributed by atoms with Crippen LogP contribution in [-0.4, -0.2) is 152 Å². The summed E-state index contributed by atoms with van der Waals surface area (Å²) in [5.41, 5.74) is 2.13. The first-order valence-electron chi connectivity index (χ1n) is 27.8. The van der Waals surface area contributed by atoms with E-state index in [1.165, 1.54) is 21.9 Å². The molecule has 434 valence electrons. The molecule has 25 heteroatoms. The number of imide groups is 1. The second-order valence-corrected chi connectivity index (χ2v) is 25.0. The van der Waals surface area contributed by atoms with Crippen LogP contribution in [0.15, 0.2) is 42.5 Å². The highest BCUT2D eigenvalue weighted by Crippen LogP contribution is 2.59. The van der Waals surface area contributed by atoms with E-state index < -0.39 is 90.5 Å². The zero-order valence-electron chi connectivity index (χ0n) is 45.0. The number of carbonyl (C=O) groups excluding carboxylic acids is 9. The second-order valence-electron chi connectivity index (χ2n) is 22.3. The second kappa shape index (κ2) is 24.8. The fraction of sp³-hybridized carbons (Fsp3) is 0.554. The molecule has 3 unspecified atom stereocenters. The van der Waals surface area contributed by atoms with Crippen LogP contribution in [0, 0.1) is 23.7 Å². The molecule has 5 aliphatic heterocycles. The number of fused-ring (bicyclic) bond motifs is 3. The van der Waals surface area contributed by atoms with Crippen LogP contribution in [-0.2, 0) is 50.3 Å². The van der Waals surface area contributed by atoms with E-state index in [2.05, 4.69) is 33.1 Å². The fourth-order valence-corrected chi connectivity index (χ4v) is 13.8. The van der Waals surface area contributed by atoms with Crippen molar-refractivity contribution >= 4 is 82.2 Å². The third kappa shape index (κ3) is 13.2. The first kappa shape index (κ1) is 59.0. The Morgan fingerprint density at radius 3 is 2.40 bits per heavy atom. The van der Waals surface area contributed by atoms with Crippen molar-refractivity contribution in [2.45, 2.75) is 151 Å². The molecule has 1 aromatic heterocycles. The summed E-state index contributed by atoms with van der Waals surface area (Å²) < 4.78 is 41.1. The number of benzene rings is 2. The van der Waals surface area contributed by atoms with Crippen LogP contribution < -0.4 is 27.0 Å². The van der Waals surface area contributed by atoms with Crippen molar-refractivity contribution in [2.24, 2.45) is 17.6 Å². The number of thiophene rings is 1. The predicted molar refractivity (Wildman–Crippen MR) is 292 cm³/mol. The van der Waals surface area contributed by atoms with Gasteiger partial charge in [0.05, 0.1) is 4.88 Å². The number of carbonyl (C=O) groups is 9. The Balaban J connectivity index is 0.825. The average Bonchev–Trinajstić information content (AvgIpc) is 4.26. The van der Waals surface area contributed by atoms with Crippen molar-refractivity contribution in [3.63, 3.8) is 0 Å². The molecule has 5 fully saturated rings. The number of likely N-dealkylation sites (N-methyl/N-ethyl adjacent to an activating group) is 1. The molecule has 8 N–H and O–H groups in total. The number of alkyl halides is 2. The van der Waals surface area contributed by atoms with Crippen molar-refractivity contribution in [3.05, 3.63) is 69.6 Å². The first-order chi connectivity index (χ1) is 38.6. The molecule has 6 heterocycles. The van der Waals surface area contributed by atoms with E-state index in [1.807, 2.05) is 11.0 Å². The molecule has 1 saturated carbocycles. The lowest BCUT2D eigenvalue weighted by molar-refractivity contribution is -0.144. The lowest BCUT2D eigenvalue weighted by Crippen LogP contribution is -2.62. The number of amides is 9. The van der Waals surface area contributed by atoms with Gasteiger partial charge < -0.3 is 51.1 Å². The van der Waals surface area contributed by atoms with Crippen LogP contribution in [0.3, 0.4) is 0 Å². The third-order valence-electron chi connectivity index (χ3n) is 16.9. The Morgan fingerprint density at radius 1 is 0.926 bits per heavy atom. The van der Waals surface area contributed by atoms with Crippen molar-refractivity contribution < 1.29 is 66.3 Å². The van der Waals surface area contributed by atoms with Gasteiger partial charge in [-0.25, -0.2) is 0 Å². The van der Waals surface area contributed by atoms with E-state index in [4.69, 9.17) is 5.73 Å². The van der Waals surface area contributed by atoms with Crippen LogP contribution in [0.2, 0.25) is 0 Å². The number of likely N-dealkylation sites (tertiary alicyclic amines) is 1. The number of nitrogens with zero attached hydrogens (tertiary/aromatic N) is 4.